The van der Waals surface area contributed by atoms with E-state index in [0.29, 0.717) is 12.0 Å². The Hall–Kier alpha value is -1.86. The number of rotatable bonds is 4. The lowest BCUT2D eigenvalue weighted by Crippen LogP contribution is -2.34. The maximum Gasteiger partial charge on any atom is 0.251 e. The number of carbonyl (C=O) groups is 1. The maximum atomic E-state index is 12.2. The third-order valence-corrected chi connectivity index (χ3v) is 3.72. The zero-order valence-electron chi connectivity index (χ0n) is 11.2. The van der Waals surface area contributed by atoms with Crippen LogP contribution in [0.5, 0.6) is 0 Å². The van der Waals surface area contributed by atoms with Crippen molar-refractivity contribution in [2.75, 3.05) is 0 Å². The average molecular weight is 331 g/mol. The zero-order valence-corrected chi connectivity index (χ0v) is 12.8. The highest BCUT2D eigenvalue weighted by Crippen LogP contribution is 2.21. The predicted molar refractivity (Wildman–Crippen MR) is 83.4 cm³/mol. The molecule has 1 N–H and O–H groups in total. The summed E-state index contributed by atoms with van der Waals surface area (Å²) in [6.07, 6.45) is 1.09. The van der Waals surface area contributed by atoms with Crippen LogP contribution in [0.4, 0.5) is 0 Å². The lowest BCUT2D eigenvalue weighted by Gasteiger charge is -2.13. The molecule has 0 radical (unpaired) electrons. The number of carbonyl (C=O) groups excluding carboxylic acids is 1. The minimum Gasteiger partial charge on any atom is -0.348 e. The zero-order chi connectivity index (χ0) is 14.5. The maximum absolute atomic E-state index is 12.2. The summed E-state index contributed by atoms with van der Waals surface area (Å²) in [6, 6.07) is 13.6. The number of nitriles is 1. The first-order valence-corrected chi connectivity index (χ1v) is 7.30. The number of benzene rings is 2. The Morgan fingerprint density at radius 3 is 2.70 bits per heavy atom. The summed E-state index contributed by atoms with van der Waals surface area (Å²) in [5, 5.41) is 13.7. The van der Waals surface area contributed by atoms with Crippen LogP contribution in [0.15, 0.2) is 40.9 Å². The molecule has 0 aliphatic carbocycles. The van der Waals surface area contributed by atoms with Crippen LogP contribution >= 0.6 is 15.9 Å². The Balaban J connectivity index is 2.22. The van der Waals surface area contributed by atoms with Crippen molar-refractivity contribution in [2.45, 2.75) is 25.8 Å². The lowest BCUT2D eigenvalue weighted by atomic mass is 10.1. The molecule has 0 aliphatic heterocycles. The van der Waals surface area contributed by atoms with Crippen molar-refractivity contribution < 1.29 is 4.79 Å². The summed E-state index contributed by atoms with van der Waals surface area (Å²) in [4.78, 5) is 12.2. The van der Waals surface area contributed by atoms with E-state index < -0.39 is 0 Å². The molecule has 2 rings (SSSR count). The molecule has 0 saturated heterocycles. The van der Waals surface area contributed by atoms with E-state index in [-0.39, 0.29) is 11.9 Å². The standard InChI is InChI=1S/C16H15BrN2O/c1-2-15(7-8-18)19-16(20)13-4-3-12-10-14(17)6-5-11(12)9-13/h3-6,9-10,15H,2,7H2,1H3,(H,19,20). The summed E-state index contributed by atoms with van der Waals surface area (Å²) < 4.78 is 1.02. The molecule has 4 heteroatoms. The Labute approximate surface area is 126 Å². The van der Waals surface area contributed by atoms with Crippen molar-refractivity contribution in [3.63, 3.8) is 0 Å². The third-order valence-electron chi connectivity index (χ3n) is 3.23. The van der Waals surface area contributed by atoms with Gasteiger partial charge >= 0.3 is 0 Å². The highest BCUT2D eigenvalue weighted by Gasteiger charge is 2.12. The van der Waals surface area contributed by atoms with Gasteiger partial charge in [-0.05, 0) is 41.5 Å². The number of hydrogen-bond acceptors (Lipinski definition) is 2. The van der Waals surface area contributed by atoms with Gasteiger partial charge in [-0.3, -0.25) is 4.79 Å². The molecule has 0 bridgehead atoms. The first-order valence-electron chi connectivity index (χ1n) is 6.51. The second-order valence-corrected chi connectivity index (χ2v) is 5.56. The van der Waals surface area contributed by atoms with Crippen LogP contribution in [0.3, 0.4) is 0 Å². The van der Waals surface area contributed by atoms with E-state index in [1.807, 2.05) is 43.3 Å². The number of nitrogens with one attached hydrogen (secondary N) is 1. The van der Waals surface area contributed by atoms with Gasteiger partial charge in [0.2, 0.25) is 0 Å². The average Bonchev–Trinajstić information content (AvgIpc) is 2.46. The van der Waals surface area contributed by atoms with Gasteiger partial charge in [0, 0.05) is 16.1 Å². The van der Waals surface area contributed by atoms with E-state index in [0.717, 1.165) is 21.7 Å². The van der Waals surface area contributed by atoms with E-state index in [1.54, 1.807) is 0 Å². The highest BCUT2D eigenvalue weighted by atomic mass is 79.9. The fourth-order valence-corrected chi connectivity index (χ4v) is 2.41. The summed E-state index contributed by atoms with van der Waals surface area (Å²) in [7, 11) is 0. The summed E-state index contributed by atoms with van der Waals surface area (Å²) in [5.74, 6) is -0.128. The van der Waals surface area contributed by atoms with Crippen molar-refractivity contribution in [1.82, 2.24) is 5.32 Å². The van der Waals surface area contributed by atoms with Crippen LogP contribution in [-0.2, 0) is 0 Å². The topological polar surface area (TPSA) is 52.9 Å². The smallest absolute Gasteiger partial charge is 0.251 e. The molecule has 0 heterocycles. The van der Waals surface area contributed by atoms with Crippen molar-refractivity contribution in [3.8, 4) is 6.07 Å². The molecule has 0 fully saturated rings. The van der Waals surface area contributed by atoms with Gasteiger partial charge in [0.05, 0.1) is 12.5 Å². The van der Waals surface area contributed by atoms with Crippen LogP contribution in [0.1, 0.15) is 30.1 Å². The predicted octanol–water partition coefficient (Wildman–Crippen LogP) is 4.02. The van der Waals surface area contributed by atoms with Gasteiger partial charge in [-0.25, -0.2) is 0 Å². The molecular weight excluding hydrogens is 316 g/mol. The van der Waals surface area contributed by atoms with Gasteiger partial charge < -0.3 is 5.32 Å². The molecule has 0 aromatic heterocycles. The Morgan fingerprint density at radius 2 is 2.00 bits per heavy atom. The molecule has 0 saturated carbocycles. The quantitative estimate of drug-likeness (QED) is 0.920. The first kappa shape index (κ1) is 14.5. The molecule has 2 aromatic rings. The summed E-state index contributed by atoms with van der Waals surface area (Å²) in [6.45, 7) is 1.96. The Bertz CT molecular complexity index is 676. The summed E-state index contributed by atoms with van der Waals surface area (Å²) >= 11 is 3.43. The van der Waals surface area contributed by atoms with E-state index in [2.05, 4.69) is 27.3 Å². The molecule has 102 valence electrons. The van der Waals surface area contributed by atoms with E-state index >= 15 is 0 Å². The monoisotopic (exact) mass is 330 g/mol. The highest BCUT2D eigenvalue weighted by molar-refractivity contribution is 9.10. The number of halogens is 1. The minimum atomic E-state index is -0.128. The molecule has 20 heavy (non-hydrogen) atoms. The first-order chi connectivity index (χ1) is 9.63. The van der Waals surface area contributed by atoms with E-state index in [1.165, 1.54) is 0 Å². The van der Waals surface area contributed by atoms with Gasteiger partial charge in [-0.2, -0.15) is 5.26 Å². The van der Waals surface area contributed by atoms with Crippen molar-refractivity contribution in [2.24, 2.45) is 0 Å². The van der Waals surface area contributed by atoms with Gasteiger partial charge in [-0.15, -0.1) is 0 Å². The van der Waals surface area contributed by atoms with Gasteiger partial charge in [0.1, 0.15) is 0 Å². The van der Waals surface area contributed by atoms with Crippen LogP contribution < -0.4 is 5.32 Å². The van der Waals surface area contributed by atoms with Crippen molar-refractivity contribution in [3.05, 3.63) is 46.4 Å². The SMILES string of the molecule is CCC(CC#N)NC(=O)c1ccc2cc(Br)ccc2c1. The second-order valence-electron chi connectivity index (χ2n) is 4.65. The molecule has 0 aliphatic rings. The molecule has 3 nitrogen and oxygen atoms in total. The normalized spacial score (nSPS) is 11.8. The largest absolute Gasteiger partial charge is 0.348 e. The van der Waals surface area contributed by atoms with Crippen LogP contribution in [0.25, 0.3) is 10.8 Å². The molecular formula is C16H15BrN2O. The lowest BCUT2D eigenvalue weighted by molar-refractivity contribution is 0.0937. The van der Waals surface area contributed by atoms with Crippen molar-refractivity contribution in [1.29, 1.82) is 5.26 Å². The molecule has 1 atom stereocenters. The number of hydrogen-bond donors (Lipinski definition) is 1. The van der Waals surface area contributed by atoms with Crippen LogP contribution in [-0.4, -0.2) is 11.9 Å². The summed E-state index contributed by atoms with van der Waals surface area (Å²) in [5.41, 5.74) is 0.621. The number of fused-ring (bicyclic) bond motifs is 1. The fourth-order valence-electron chi connectivity index (χ4n) is 2.03. The Kier molecular flexibility index (Phi) is 4.75. The fraction of sp³-hybridized carbons (Fsp3) is 0.250. The Morgan fingerprint density at radius 1 is 1.30 bits per heavy atom. The van der Waals surface area contributed by atoms with Crippen molar-refractivity contribution >= 4 is 32.6 Å². The molecule has 2 aromatic carbocycles. The van der Waals surface area contributed by atoms with E-state index in [9.17, 15) is 4.79 Å². The number of nitrogens with zero attached hydrogens (tertiary/aromatic N) is 1. The van der Waals surface area contributed by atoms with Gasteiger partial charge in [0.25, 0.3) is 5.91 Å². The molecule has 1 unspecified atom stereocenters. The van der Waals surface area contributed by atoms with Crippen LogP contribution in [0, 0.1) is 11.3 Å². The third kappa shape index (κ3) is 3.37. The van der Waals surface area contributed by atoms with Gasteiger partial charge in [-0.1, -0.05) is 35.0 Å². The number of amides is 1. The molecule has 0 spiro atoms. The molecule has 1 amide bonds. The second kappa shape index (κ2) is 6.53. The van der Waals surface area contributed by atoms with Gasteiger partial charge in [0.15, 0.2) is 0 Å². The minimum absolute atomic E-state index is 0.0897. The van der Waals surface area contributed by atoms with Crippen LogP contribution in [0.2, 0.25) is 0 Å². The van der Waals surface area contributed by atoms with E-state index in [4.69, 9.17) is 5.26 Å².